The molecule has 0 saturated heterocycles. The van der Waals surface area contributed by atoms with Crippen molar-refractivity contribution in [1.82, 2.24) is 4.98 Å². The first-order valence-electron chi connectivity index (χ1n) is 9.23. The van der Waals surface area contributed by atoms with Crippen LogP contribution in [0, 0.1) is 0 Å². The summed E-state index contributed by atoms with van der Waals surface area (Å²) in [4.78, 5) is 4.31. The van der Waals surface area contributed by atoms with E-state index in [1.807, 2.05) is 72.9 Å². The van der Waals surface area contributed by atoms with E-state index in [1.54, 1.807) is 6.20 Å². The minimum atomic E-state index is 0.641. The third kappa shape index (κ3) is 4.00. The van der Waals surface area contributed by atoms with Gasteiger partial charge in [0.25, 0.3) is 0 Å². The molecule has 4 aromatic rings. The smallest absolute Gasteiger partial charge is 0.100 e. The van der Waals surface area contributed by atoms with Crippen molar-refractivity contribution in [2.75, 3.05) is 10.6 Å². The fraction of sp³-hybridized carbons (Fsp3) is 0. The lowest BCUT2D eigenvalue weighted by molar-refractivity contribution is 1.32. The van der Waals surface area contributed by atoms with E-state index in [0.29, 0.717) is 10.8 Å². The van der Waals surface area contributed by atoms with Gasteiger partial charge in [0, 0.05) is 33.2 Å². The molecule has 1 aromatic heterocycles. The Bertz CT molecular complexity index is 1210. The number of rotatable bonds is 6. The lowest BCUT2D eigenvalue weighted by Crippen LogP contribution is -2.09. The van der Waals surface area contributed by atoms with E-state index in [-0.39, 0.29) is 0 Å². The van der Waals surface area contributed by atoms with Gasteiger partial charge in [0.1, 0.15) is 5.82 Å². The van der Waals surface area contributed by atoms with Crippen molar-refractivity contribution in [3.63, 3.8) is 0 Å². The molecule has 4 rings (SSSR count). The van der Waals surface area contributed by atoms with Crippen LogP contribution in [0.25, 0.3) is 28.0 Å². The minimum Gasteiger partial charge on any atom is -0.342 e. The van der Waals surface area contributed by atoms with Gasteiger partial charge in [-0.15, -0.1) is 0 Å². The van der Waals surface area contributed by atoms with Gasteiger partial charge in [-0.3, -0.25) is 4.98 Å². The molecule has 4 heteroatoms. The monoisotopic (exact) mass is 397 g/mol. The Kier molecular flexibility index (Phi) is 5.32. The van der Waals surface area contributed by atoms with Crippen LogP contribution in [-0.2, 0) is 0 Å². The quantitative estimate of drug-likeness (QED) is 0.361. The molecule has 0 atom stereocenters. The van der Waals surface area contributed by atoms with Crippen LogP contribution in [0.15, 0.2) is 98.1 Å². The van der Waals surface area contributed by atoms with Gasteiger partial charge in [-0.05, 0) is 23.3 Å². The highest BCUT2D eigenvalue weighted by Gasteiger charge is 2.08. The van der Waals surface area contributed by atoms with Crippen LogP contribution in [0.1, 0.15) is 5.56 Å². The number of hydrogen-bond acceptors (Lipinski definition) is 3. The molecule has 0 aliphatic carbocycles. The van der Waals surface area contributed by atoms with E-state index in [1.165, 1.54) is 0 Å². The van der Waals surface area contributed by atoms with E-state index in [9.17, 15) is 0 Å². The largest absolute Gasteiger partial charge is 0.342 e. The summed E-state index contributed by atoms with van der Waals surface area (Å²) in [5, 5.41) is 9.55. The number of nitrogens with one attached hydrogen (secondary N) is 2. The highest BCUT2D eigenvalue weighted by molar-refractivity contribution is 6.33. The highest BCUT2D eigenvalue weighted by atomic mass is 35.5. The fourth-order valence-corrected chi connectivity index (χ4v) is 3.52. The molecular weight excluding hydrogens is 378 g/mol. The molecule has 3 aromatic carbocycles. The number of nitrogens with zero attached hydrogens (tertiary/aromatic N) is 1. The average molecular weight is 398 g/mol. The van der Waals surface area contributed by atoms with Crippen molar-refractivity contribution >= 4 is 39.8 Å². The molecule has 0 fully saturated rings. The normalized spacial score (nSPS) is 10.5. The maximum Gasteiger partial charge on any atom is 0.100 e. The molecule has 0 aliphatic rings. The van der Waals surface area contributed by atoms with Gasteiger partial charge in [-0.2, -0.15) is 0 Å². The zero-order valence-electron chi connectivity index (χ0n) is 15.8. The number of anilines is 2. The molecule has 3 nitrogen and oxygen atoms in total. The minimum absolute atomic E-state index is 0.641. The van der Waals surface area contributed by atoms with Crippen LogP contribution >= 0.6 is 11.6 Å². The second-order valence-corrected chi connectivity index (χ2v) is 7.03. The summed E-state index contributed by atoms with van der Waals surface area (Å²) in [6.45, 7) is 8.05. The SMILES string of the molecule is C=Cc1ccc(-c2ccccc2Cl)cc1NC(=C)Nc1cncc2ccccc12. The van der Waals surface area contributed by atoms with Gasteiger partial charge in [0.2, 0.25) is 0 Å². The first kappa shape index (κ1) is 18.8. The van der Waals surface area contributed by atoms with Gasteiger partial charge < -0.3 is 10.6 Å². The molecule has 2 N–H and O–H groups in total. The van der Waals surface area contributed by atoms with Crippen LogP contribution in [0.3, 0.4) is 0 Å². The summed E-state index contributed by atoms with van der Waals surface area (Å²) in [5.41, 5.74) is 4.75. The standard InChI is InChI=1S/C25H20ClN3/c1-3-18-12-13-19(21-9-6-7-11-23(21)26)14-24(18)28-17(2)29-25-16-27-15-20-8-4-5-10-22(20)25/h3-16,28-29H,1-2H2. The summed E-state index contributed by atoms with van der Waals surface area (Å²) >= 11 is 6.38. The van der Waals surface area contributed by atoms with Crippen LogP contribution in [-0.4, -0.2) is 4.98 Å². The number of halogens is 1. The molecule has 0 radical (unpaired) electrons. The van der Waals surface area contributed by atoms with Crippen LogP contribution in [0.5, 0.6) is 0 Å². The Morgan fingerprint density at radius 2 is 1.66 bits per heavy atom. The van der Waals surface area contributed by atoms with Crippen molar-refractivity contribution < 1.29 is 0 Å². The molecular formula is C25H20ClN3. The molecule has 1 heterocycles. The third-order valence-corrected chi connectivity index (χ3v) is 5.03. The third-order valence-electron chi connectivity index (χ3n) is 4.70. The lowest BCUT2D eigenvalue weighted by atomic mass is 10.0. The number of benzene rings is 3. The Labute approximate surface area is 175 Å². The predicted molar refractivity (Wildman–Crippen MR) is 125 cm³/mol. The Hall–Kier alpha value is -3.56. The summed E-state index contributed by atoms with van der Waals surface area (Å²) in [5.74, 6) is 0.641. The van der Waals surface area contributed by atoms with E-state index < -0.39 is 0 Å². The van der Waals surface area contributed by atoms with Crippen molar-refractivity contribution in [3.8, 4) is 11.1 Å². The molecule has 142 valence electrons. The van der Waals surface area contributed by atoms with Crippen LogP contribution in [0.2, 0.25) is 5.02 Å². The maximum absolute atomic E-state index is 6.38. The summed E-state index contributed by atoms with van der Waals surface area (Å²) in [7, 11) is 0. The second kappa shape index (κ2) is 8.21. The predicted octanol–water partition coefficient (Wildman–Crippen LogP) is 7.19. The maximum atomic E-state index is 6.38. The molecule has 0 amide bonds. The first-order valence-corrected chi connectivity index (χ1v) is 9.60. The first-order chi connectivity index (χ1) is 14.2. The fourth-order valence-electron chi connectivity index (χ4n) is 3.28. The van der Waals surface area contributed by atoms with Crippen molar-refractivity contribution in [2.24, 2.45) is 0 Å². The Morgan fingerprint density at radius 3 is 2.48 bits per heavy atom. The molecule has 29 heavy (non-hydrogen) atoms. The number of pyridine rings is 1. The van der Waals surface area contributed by atoms with Crippen LogP contribution < -0.4 is 10.6 Å². The molecule has 0 bridgehead atoms. The van der Waals surface area contributed by atoms with Gasteiger partial charge in [-0.25, -0.2) is 0 Å². The average Bonchev–Trinajstić information content (AvgIpc) is 2.74. The Balaban J connectivity index is 1.63. The molecule has 0 aliphatic heterocycles. The van der Waals surface area contributed by atoms with Gasteiger partial charge >= 0.3 is 0 Å². The number of hydrogen-bond donors (Lipinski definition) is 2. The molecule has 0 unspecified atom stereocenters. The van der Waals surface area contributed by atoms with Crippen molar-refractivity contribution in [3.05, 3.63) is 109 Å². The van der Waals surface area contributed by atoms with Crippen molar-refractivity contribution in [2.45, 2.75) is 0 Å². The topological polar surface area (TPSA) is 37.0 Å². The highest BCUT2D eigenvalue weighted by Crippen LogP contribution is 2.32. The summed E-state index contributed by atoms with van der Waals surface area (Å²) in [6.07, 6.45) is 5.45. The molecule has 0 spiro atoms. The summed E-state index contributed by atoms with van der Waals surface area (Å²) in [6, 6.07) is 22.0. The van der Waals surface area contributed by atoms with E-state index in [2.05, 4.69) is 34.8 Å². The second-order valence-electron chi connectivity index (χ2n) is 6.62. The van der Waals surface area contributed by atoms with Crippen molar-refractivity contribution in [1.29, 1.82) is 0 Å². The summed E-state index contributed by atoms with van der Waals surface area (Å²) < 4.78 is 0. The number of fused-ring (bicyclic) bond motifs is 1. The van der Waals surface area contributed by atoms with E-state index >= 15 is 0 Å². The zero-order chi connectivity index (χ0) is 20.2. The number of aromatic nitrogens is 1. The Morgan fingerprint density at radius 1 is 0.897 bits per heavy atom. The van der Waals surface area contributed by atoms with Gasteiger partial charge in [0.05, 0.1) is 11.9 Å². The van der Waals surface area contributed by atoms with Crippen LogP contribution in [0.4, 0.5) is 11.4 Å². The van der Waals surface area contributed by atoms with Gasteiger partial charge in [0.15, 0.2) is 0 Å². The zero-order valence-corrected chi connectivity index (χ0v) is 16.6. The molecule has 0 saturated carbocycles. The van der Waals surface area contributed by atoms with E-state index in [0.717, 1.165) is 38.8 Å². The van der Waals surface area contributed by atoms with Gasteiger partial charge in [-0.1, -0.05) is 85.4 Å². The van der Waals surface area contributed by atoms with E-state index in [4.69, 9.17) is 11.6 Å². The lowest BCUT2D eigenvalue weighted by Gasteiger charge is -2.17.